The minimum absolute atomic E-state index is 0.148. The van der Waals surface area contributed by atoms with Crippen molar-refractivity contribution < 1.29 is 5.11 Å². The molecule has 0 atom stereocenters. The minimum atomic E-state index is 0.148. The molecule has 0 fully saturated rings. The molecule has 68 valence electrons. The predicted molar refractivity (Wildman–Crippen MR) is 55.2 cm³/mol. The van der Waals surface area contributed by atoms with Crippen LogP contribution in [-0.4, -0.2) is 23.2 Å². The third-order valence-corrected chi connectivity index (χ3v) is 2.58. The second-order valence-corrected chi connectivity index (χ2v) is 3.57. The van der Waals surface area contributed by atoms with Gasteiger partial charge >= 0.3 is 0 Å². The van der Waals surface area contributed by atoms with Crippen molar-refractivity contribution >= 4 is 27.2 Å². The molecule has 1 aromatic carbocycles. The topological polar surface area (TPSA) is 45.1 Å². The molecule has 2 N–H and O–H groups in total. The summed E-state index contributed by atoms with van der Waals surface area (Å²) in [4.78, 5) is 4.20. The molecule has 1 aromatic heterocycles. The molecule has 0 radical (unpaired) electrons. The molecule has 3 nitrogen and oxygen atoms in total. The number of hydrogen-bond acceptors (Lipinski definition) is 4. The van der Waals surface area contributed by atoms with Gasteiger partial charge in [0.1, 0.15) is 0 Å². The van der Waals surface area contributed by atoms with Crippen LogP contribution in [0.4, 0.5) is 5.69 Å². The van der Waals surface area contributed by atoms with Crippen LogP contribution in [-0.2, 0) is 0 Å². The molecule has 0 unspecified atom stereocenters. The van der Waals surface area contributed by atoms with Gasteiger partial charge in [-0.1, -0.05) is 0 Å². The first-order valence-corrected chi connectivity index (χ1v) is 4.96. The molecule has 0 bridgehead atoms. The molecule has 0 spiro atoms. The molecular formula is C9H10N2OS. The van der Waals surface area contributed by atoms with Gasteiger partial charge in [0.05, 0.1) is 22.3 Å². The molecule has 0 saturated heterocycles. The Balaban J connectivity index is 2.26. The lowest BCUT2D eigenvalue weighted by Crippen LogP contribution is -2.04. The summed E-state index contributed by atoms with van der Waals surface area (Å²) in [5.41, 5.74) is 3.85. The van der Waals surface area contributed by atoms with Crippen molar-refractivity contribution in [3.8, 4) is 0 Å². The zero-order valence-corrected chi connectivity index (χ0v) is 7.84. The molecule has 1 heterocycles. The first kappa shape index (κ1) is 8.47. The van der Waals surface area contributed by atoms with E-state index in [1.54, 1.807) is 11.3 Å². The predicted octanol–water partition coefficient (Wildman–Crippen LogP) is 1.70. The van der Waals surface area contributed by atoms with Crippen molar-refractivity contribution in [2.75, 3.05) is 18.5 Å². The molecule has 0 aliphatic heterocycles. The maximum atomic E-state index is 8.62. The number of hydrogen-bond donors (Lipinski definition) is 2. The molecule has 0 aliphatic rings. The fraction of sp³-hybridized carbons (Fsp3) is 0.222. The number of benzene rings is 1. The van der Waals surface area contributed by atoms with Crippen molar-refractivity contribution in [2.45, 2.75) is 0 Å². The molecule has 13 heavy (non-hydrogen) atoms. The van der Waals surface area contributed by atoms with Gasteiger partial charge in [-0.15, -0.1) is 11.3 Å². The lowest BCUT2D eigenvalue weighted by Gasteiger charge is -2.02. The van der Waals surface area contributed by atoms with Crippen LogP contribution in [0.3, 0.4) is 0 Å². The van der Waals surface area contributed by atoms with Gasteiger partial charge in [0.2, 0.25) is 0 Å². The van der Waals surface area contributed by atoms with Gasteiger partial charge in [-0.25, -0.2) is 4.98 Å². The molecular weight excluding hydrogens is 184 g/mol. The van der Waals surface area contributed by atoms with E-state index < -0.39 is 0 Å². The van der Waals surface area contributed by atoms with Crippen LogP contribution in [0, 0.1) is 0 Å². The van der Waals surface area contributed by atoms with Gasteiger partial charge in [-0.2, -0.15) is 0 Å². The molecule has 0 saturated carbocycles. The van der Waals surface area contributed by atoms with Crippen LogP contribution in [0.1, 0.15) is 0 Å². The maximum Gasteiger partial charge on any atom is 0.0832 e. The quantitative estimate of drug-likeness (QED) is 0.781. The lowest BCUT2D eigenvalue weighted by atomic mass is 10.3. The standard InChI is InChI=1S/C9H10N2OS/c12-4-3-10-7-1-2-9-8(5-7)11-6-13-9/h1-2,5-6,10,12H,3-4H2. The van der Waals surface area contributed by atoms with Crippen LogP contribution >= 0.6 is 11.3 Å². The number of thiazole rings is 1. The largest absolute Gasteiger partial charge is 0.395 e. The van der Waals surface area contributed by atoms with E-state index >= 15 is 0 Å². The summed E-state index contributed by atoms with van der Waals surface area (Å²) >= 11 is 1.63. The molecule has 2 rings (SSSR count). The Morgan fingerprint density at radius 3 is 3.23 bits per heavy atom. The van der Waals surface area contributed by atoms with Crippen LogP contribution in [0.5, 0.6) is 0 Å². The Bertz CT molecular complexity index is 399. The average Bonchev–Trinajstić information content (AvgIpc) is 2.61. The van der Waals surface area contributed by atoms with Crippen LogP contribution < -0.4 is 5.32 Å². The highest BCUT2D eigenvalue weighted by Gasteiger charge is 1.97. The van der Waals surface area contributed by atoms with E-state index in [0.717, 1.165) is 11.2 Å². The van der Waals surface area contributed by atoms with Crippen molar-refractivity contribution in [3.05, 3.63) is 23.7 Å². The Hall–Kier alpha value is -1.13. The summed E-state index contributed by atoms with van der Waals surface area (Å²) in [6.45, 7) is 0.727. The van der Waals surface area contributed by atoms with Gasteiger partial charge in [0, 0.05) is 12.2 Å². The summed E-state index contributed by atoms with van der Waals surface area (Å²) < 4.78 is 1.19. The summed E-state index contributed by atoms with van der Waals surface area (Å²) in [5, 5.41) is 11.7. The van der Waals surface area contributed by atoms with Crippen LogP contribution in [0.2, 0.25) is 0 Å². The first-order chi connectivity index (χ1) is 6.40. The van der Waals surface area contributed by atoms with Crippen molar-refractivity contribution in [1.82, 2.24) is 4.98 Å². The second kappa shape index (κ2) is 3.72. The van der Waals surface area contributed by atoms with Gasteiger partial charge in [0.15, 0.2) is 0 Å². The van der Waals surface area contributed by atoms with E-state index in [-0.39, 0.29) is 6.61 Å². The average molecular weight is 194 g/mol. The van der Waals surface area contributed by atoms with Crippen molar-refractivity contribution in [1.29, 1.82) is 0 Å². The minimum Gasteiger partial charge on any atom is -0.395 e. The van der Waals surface area contributed by atoms with Gasteiger partial charge < -0.3 is 10.4 Å². The normalized spacial score (nSPS) is 10.5. The highest BCUT2D eigenvalue weighted by atomic mass is 32.1. The van der Waals surface area contributed by atoms with Gasteiger partial charge in [-0.3, -0.25) is 0 Å². The van der Waals surface area contributed by atoms with E-state index in [0.29, 0.717) is 6.54 Å². The summed E-state index contributed by atoms with van der Waals surface area (Å²) in [6, 6.07) is 6.02. The summed E-state index contributed by atoms with van der Waals surface area (Å²) in [6.07, 6.45) is 0. The number of nitrogens with zero attached hydrogens (tertiary/aromatic N) is 1. The SMILES string of the molecule is OCCNc1ccc2scnc2c1. The fourth-order valence-corrected chi connectivity index (χ4v) is 1.83. The Morgan fingerprint density at radius 2 is 2.38 bits per heavy atom. The number of aromatic nitrogens is 1. The molecule has 0 amide bonds. The molecule has 0 aliphatic carbocycles. The highest BCUT2D eigenvalue weighted by molar-refractivity contribution is 7.16. The number of nitrogens with one attached hydrogen (secondary N) is 1. The van der Waals surface area contributed by atoms with E-state index in [2.05, 4.69) is 10.3 Å². The Morgan fingerprint density at radius 1 is 1.46 bits per heavy atom. The maximum absolute atomic E-state index is 8.62. The summed E-state index contributed by atoms with van der Waals surface area (Å²) in [5.74, 6) is 0. The van der Waals surface area contributed by atoms with E-state index in [9.17, 15) is 0 Å². The summed E-state index contributed by atoms with van der Waals surface area (Å²) in [7, 11) is 0. The zero-order chi connectivity index (χ0) is 9.10. The number of fused-ring (bicyclic) bond motifs is 1. The monoisotopic (exact) mass is 194 g/mol. The Labute approximate surface area is 80.0 Å². The van der Waals surface area contributed by atoms with E-state index in [1.807, 2.05) is 23.7 Å². The van der Waals surface area contributed by atoms with Gasteiger partial charge in [0.25, 0.3) is 0 Å². The number of rotatable bonds is 3. The second-order valence-electron chi connectivity index (χ2n) is 2.69. The van der Waals surface area contributed by atoms with Crippen LogP contribution in [0.25, 0.3) is 10.2 Å². The smallest absolute Gasteiger partial charge is 0.0832 e. The van der Waals surface area contributed by atoms with Crippen molar-refractivity contribution in [3.63, 3.8) is 0 Å². The van der Waals surface area contributed by atoms with Crippen LogP contribution in [0.15, 0.2) is 23.7 Å². The highest BCUT2D eigenvalue weighted by Crippen LogP contribution is 2.20. The number of aliphatic hydroxyl groups excluding tert-OH is 1. The first-order valence-electron chi connectivity index (χ1n) is 4.08. The van der Waals surface area contributed by atoms with Gasteiger partial charge in [-0.05, 0) is 18.2 Å². The zero-order valence-electron chi connectivity index (χ0n) is 7.03. The van der Waals surface area contributed by atoms with Crippen molar-refractivity contribution in [2.24, 2.45) is 0 Å². The third kappa shape index (κ3) is 1.79. The Kier molecular flexibility index (Phi) is 2.42. The molecule has 2 aromatic rings. The number of aliphatic hydroxyl groups is 1. The molecule has 4 heteroatoms. The third-order valence-electron chi connectivity index (χ3n) is 1.77. The fourth-order valence-electron chi connectivity index (χ4n) is 1.17. The van der Waals surface area contributed by atoms with E-state index in [1.165, 1.54) is 4.70 Å². The van der Waals surface area contributed by atoms with E-state index in [4.69, 9.17) is 5.11 Å². The number of anilines is 1. The lowest BCUT2D eigenvalue weighted by molar-refractivity contribution is 0.311.